The van der Waals surface area contributed by atoms with Gasteiger partial charge in [-0.3, -0.25) is 0 Å². The van der Waals surface area contributed by atoms with Crippen LogP contribution < -0.4 is 5.73 Å². The maximum Gasteiger partial charge on any atom is 0.321 e. The second-order valence-electron chi connectivity index (χ2n) is 5.13. The number of hydrogen-bond donors (Lipinski definition) is 4. The van der Waals surface area contributed by atoms with Gasteiger partial charge in [0, 0.05) is 9.77 Å². The van der Waals surface area contributed by atoms with E-state index in [4.69, 9.17) is 20.3 Å². The maximum atomic E-state index is 14.5. The number of alkyl halides is 1. The molecule has 4 atom stereocenters. The first-order chi connectivity index (χ1) is 11.2. The predicted octanol–water partition coefficient (Wildman–Crippen LogP) is 0.440. The van der Waals surface area contributed by atoms with Gasteiger partial charge in [0.2, 0.25) is 0 Å². The molecule has 132 valence electrons. The molecule has 1 unspecified atom stereocenters. The second-order valence-corrected chi connectivity index (χ2v) is 8.96. The molecule has 5 N–H and O–H groups in total. The van der Waals surface area contributed by atoms with Crippen molar-refractivity contribution in [2.45, 2.75) is 24.6 Å². The minimum Gasteiger partial charge on any atom is -0.387 e. The molecular formula is C11H13FIN4O5PS. The first-order valence-corrected chi connectivity index (χ1v) is 10.3. The molecule has 0 bridgehead atoms. The summed E-state index contributed by atoms with van der Waals surface area (Å²) in [5.74, 6) is 0.248. The van der Waals surface area contributed by atoms with Crippen molar-refractivity contribution in [3.05, 3.63) is 16.1 Å². The Morgan fingerprint density at radius 2 is 2.21 bits per heavy atom. The van der Waals surface area contributed by atoms with Crippen molar-refractivity contribution in [2.75, 3.05) is 12.3 Å². The molecule has 1 aliphatic rings. The molecule has 2 aromatic rings. The van der Waals surface area contributed by atoms with Crippen LogP contribution in [0.3, 0.4) is 0 Å². The monoisotopic (exact) mass is 490 g/mol. The highest BCUT2D eigenvalue weighted by Gasteiger charge is 2.46. The summed E-state index contributed by atoms with van der Waals surface area (Å²) < 4.78 is 26.8. The van der Waals surface area contributed by atoms with Crippen LogP contribution in [-0.2, 0) is 21.1 Å². The van der Waals surface area contributed by atoms with Crippen LogP contribution in [0.4, 0.5) is 10.2 Å². The van der Waals surface area contributed by atoms with E-state index in [1.54, 1.807) is 6.20 Å². The number of aliphatic hydroxyl groups is 1. The number of nitrogen functional groups attached to an aromatic ring is 1. The molecular weight excluding hydrogens is 477 g/mol. The van der Waals surface area contributed by atoms with Crippen molar-refractivity contribution in [1.29, 1.82) is 0 Å². The van der Waals surface area contributed by atoms with E-state index in [0.29, 0.717) is 14.6 Å². The molecule has 24 heavy (non-hydrogen) atoms. The van der Waals surface area contributed by atoms with Gasteiger partial charge in [0.15, 0.2) is 12.4 Å². The van der Waals surface area contributed by atoms with Gasteiger partial charge in [-0.05, 0) is 34.4 Å². The zero-order valence-corrected chi connectivity index (χ0v) is 15.7. The average molecular weight is 490 g/mol. The highest BCUT2D eigenvalue weighted by Crippen LogP contribution is 2.40. The number of fused-ring (bicyclic) bond motifs is 1. The van der Waals surface area contributed by atoms with E-state index in [1.807, 2.05) is 22.6 Å². The molecule has 13 heteroatoms. The molecule has 1 aliphatic heterocycles. The van der Waals surface area contributed by atoms with Crippen molar-refractivity contribution in [1.82, 2.24) is 14.5 Å². The van der Waals surface area contributed by atoms with Crippen molar-refractivity contribution in [2.24, 2.45) is 0 Å². The van der Waals surface area contributed by atoms with Crippen molar-refractivity contribution in [3.8, 4) is 0 Å². The van der Waals surface area contributed by atoms with Gasteiger partial charge in [-0.15, -0.1) is 0 Å². The minimum absolute atomic E-state index is 0.248. The Morgan fingerprint density at radius 3 is 2.88 bits per heavy atom. The van der Waals surface area contributed by atoms with Crippen LogP contribution in [0.1, 0.15) is 6.23 Å². The van der Waals surface area contributed by atoms with E-state index in [2.05, 4.69) is 26.3 Å². The summed E-state index contributed by atoms with van der Waals surface area (Å²) in [6, 6.07) is 0. The Kier molecular flexibility index (Phi) is 5.10. The molecule has 0 amide bonds. The Bertz CT molecular complexity index is 819. The Hall–Kier alpha value is -0.470. The highest BCUT2D eigenvalue weighted by atomic mass is 127. The number of halogens is 2. The summed E-state index contributed by atoms with van der Waals surface area (Å²) in [6.07, 6.45) is -2.75. The Labute approximate surface area is 154 Å². The summed E-state index contributed by atoms with van der Waals surface area (Å²) >= 11 is 6.34. The third-order valence-electron chi connectivity index (χ3n) is 3.57. The van der Waals surface area contributed by atoms with Crippen LogP contribution in [0, 0.1) is 3.57 Å². The molecule has 0 radical (unpaired) electrons. The maximum absolute atomic E-state index is 14.5. The van der Waals surface area contributed by atoms with Gasteiger partial charge in [0.1, 0.15) is 30.0 Å². The normalized spacial score (nSPS) is 27.9. The number of aromatic nitrogens is 3. The van der Waals surface area contributed by atoms with Gasteiger partial charge < -0.3 is 34.5 Å². The van der Waals surface area contributed by atoms with E-state index in [0.717, 1.165) is 0 Å². The fourth-order valence-electron chi connectivity index (χ4n) is 2.49. The predicted molar refractivity (Wildman–Crippen MR) is 94.1 cm³/mol. The van der Waals surface area contributed by atoms with Crippen molar-refractivity contribution in [3.63, 3.8) is 0 Å². The Balaban J connectivity index is 1.90. The summed E-state index contributed by atoms with van der Waals surface area (Å²) in [5.41, 5.74) is 6.18. The highest BCUT2D eigenvalue weighted by molar-refractivity contribution is 14.1. The third-order valence-corrected chi connectivity index (χ3v) is 5.19. The lowest BCUT2D eigenvalue weighted by atomic mass is 10.1. The van der Waals surface area contributed by atoms with E-state index >= 15 is 0 Å². The molecule has 0 spiro atoms. The number of anilines is 1. The van der Waals surface area contributed by atoms with Gasteiger partial charge in [-0.2, -0.15) is 0 Å². The average Bonchev–Trinajstić information content (AvgIpc) is 2.96. The van der Waals surface area contributed by atoms with Gasteiger partial charge in [0.05, 0.1) is 12.0 Å². The van der Waals surface area contributed by atoms with Crippen molar-refractivity contribution < 1.29 is 28.5 Å². The number of hydrogen-bond acceptors (Lipinski definition) is 7. The minimum atomic E-state index is -3.92. The zero-order chi connectivity index (χ0) is 17.6. The number of rotatable bonds is 4. The molecule has 0 saturated carbocycles. The fourth-order valence-corrected chi connectivity index (χ4v) is 3.83. The van der Waals surface area contributed by atoms with Gasteiger partial charge in [-0.25, -0.2) is 14.4 Å². The fraction of sp³-hybridized carbons (Fsp3) is 0.455. The first kappa shape index (κ1) is 18.3. The van der Waals surface area contributed by atoms with Crippen LogP contribution in [0.15, 0.2) is 12.5 Å². The summed E-state index contributed by atoms with van der Waals surface area (Å²) in [4.78, 5) is 26.1. The lowest BCUT2D eigenvalue weighted by molar-refractivity contribution is -0.0427. The largest absolute Gasteiger partial charge is 0.387 e. The van der Waals surface area contributed by atoms with Gasteiger partial charge in [0.25, 0.3) is 0 Å². The number of ether oxygens (including phenoxy) is 1. The molecule has 3 heterocycles. The van der Waals surface area contributed by atoms with Gasteiger partial charge in [-0.1, -0.05) is 0 Å². The molecule has 1 fully saturated rings. The quantitative estimate of drug-likeness (QED) is 0.356. The number of nitrogens with two attached hydrogens (primary N) is 1. The number of nitrogens with zero attached hydrogens (tertiary/aromatic N) is 3. The SMILES string of the molecule is Nc1ncnc2c1c(I)cn2[C@@H]1O[C@H](COP(O)(O)=S)[C@H](O)C1F. The summed E-state index contributed by atoms with van der Waals surface area (Å²) in [5, 5.41) is 10.5. The van der Waals surface area contributed by atoms with E-state index in [9.17, 15) is 9.50 Å². The van der Waals surface area contributed by atoms with Crippen LogP contribution >= 0.6 is 29.3 Å². The summed E-state index contributed by atoms with van der Waals surface area (Å²) in [7, 11) is 0. The molecule has 0 aromatic carbocycles. The Morgan fingerprint density at radius 1 is 1.50 bits per heavy atom. The van der Waals surface area contributed by atoms with Crippen molar-refractivity contribution >= 4 is 58.0 Å². The lowest BCUT2D eigenvalue weighted by Crippen LogP contribution is -2.31. The standard InChI is InChI=1S/C11H13FIN4O5PS/c12-7-8(18)5(2-21-23(19,20)24)22-11(7)17-1-4(13)6-9(14)15-3-16-10(6)17/h1,3,5,7-8,11,18H,2H2,(H2,14,15,16)(H2,19,20,24)/t5-,7?,8+,11-/m1/s1. The van der Waals surface area contributed by atoms with E-state index < -0.39 is 37.9 Å². The molecule has 9 nitrogen and oxygen atoms in total. The van der Waals surface area contributed by atoms with Crippen LogP contribution in [0.5, 0.6) is 0 Å². The molecule has 1 saturated heterocycles. The molecule has 0 aliphatic carbocycles. The first-order valence-electron chi connectivity index (χ1n) is 6.63. The second kappa shape index (κ2) is 6.68. The van der Waals surface area contributed by atoms with Crippen LogP contribution in [0.25, 0.3) is 11.0 Å². The molecule has 2 aromatic heterocycles. The van der Waals surface area contributed by atoms with E-state index in [1.165, 1.54) is 10.9 Å². The van der Waals surface area contributed by atoms with Gasteiger partial charge >= 0.3 is 6.72 Å². The van der Waals surface area contributed by atoms with E-state index in [-0.39, 0.29) is 5.82 Å². The van der Waals surface area contributed by atoms with Crippen LogP contribution in [0.2, 0.25) is 0 Å². The smallest absolute Gasteiger partial charge is 0.321 e. The lowest BCUT2D eigenvalue weighted by Gasteiger charge is -2.17. The topological polar surface area (TPSA) is 136 Å². The number of aliphatic hydroxyl groups excluding tert-OH is 1. The summed E-state index contributed by atoms with van der Waals surface area (Å²) in [6.45, 7) is -4.37. The zero-order valence-electron chi connectivity index (χ0n) is 11.9. The van der Waals surface area contributed by atoms with Crippen LogP contribution in [-0.4, -0.2) is 54.4 Å². The molecule has 3 rings (SSSR count). The third kappa shape index (κ3) is 3.42.